The first-order valence-electron chi connectivity index (χ1n) is 9.96. The summed E-state index contributed by atoms with van der Waals surface area (Å²) in [6.45, 7) is 1.70. The van der Waals surface area contributed by atoms with Gasteiger partial charge < -0.3 is 14.8 Å². The highest BCUT2D eigenvalue weighted by atomic mass is 32.2. The summed E-state index contributed by atoms with van der Waals surface area (Å²) in [5.74, 6) is -1.98. The van der Waals surface area contributed by atoms with Crippen LogP contribution in [0, 0.1) is 6.92 Å². The number of amides is 1. The third-order valence-corrected chi connectivity index (χ3v) is 6.21. The zero-order valence-corrected chi connectivity index (χ0v) is 19.4. The third-order valence-electron chi connectivity index (χ3n) is 4.83. The first-order chi connectivity index (χ1) is 16.1. The lowest BCUT2D eigenvalue weighted by Crippen LogP contribution is -2.16. The maximum absolute atomic E-state index is 12.9. The minimum absolute atomic E-state index is 0.0425. The Morgan fingerprint density at radius 3 is 1.91 bits per heavy atom. The lowest BCUT2D eigenvalue weighted by atomic mass is 10.1. The first kappa shape index (κ1) is 24.5. The third kappa shape index (κ3) is 5.59. The van der Waals surface area contributed by atoms with Crippen molar-refractivity contribution in [3.8, 4) is 0 Å². The Hall–Kier alpha value is -4.18. The van der Waals surface area contributed by atoms with Gasteiger partial charge in [-0.3, -0.25) is 9.52 Å². The van der Waals surface area contributed by atoms with Gasteiger partial charge in [0.05, 0.1) is 35.9 Å². The van der Waals surface area contributed by atoms with E-state index in [2.05, 4.69) is 10.0 Å². The highest BCUT2D eigenvalue weighted by Gasteiger charge is 2.18. The molecule has 0 bridgehead atoms. The van der Waals surface area contributed by atoms with Gasteiger partial charge in [0.15, 0.2) is 0 Å². The molecule has 0 aromatic heterocycles. The van der Waals surface area contributed by atoms with Crippen LogP contribution in [0.15, 0.2) is 71.6 Å². The van der Waals surface area contributed by atoms with Crippen LogP contribution < -0.4 is 10.0 Å². The van der Waals surface area contributed by atoms with Gasteiger partial charge in [0, 0.05) is 11.3 Å². The number of esters is 2. The zero-order chi connectivity index (χ0) is 24.9. The number of carbonyl (C=O) groups is 3. The molecule has 3 rings (SSSR count). The fourth-order valence-corrected chi connectivity index (χ4v) is 4.19. The maximum atomic E-state index is 12.9. The number of rotatable bonds is 7. The van der Waals surface area contributed by atoms with Crippen LogP contribution in [0.5, 0.6) is 0 Å². The summed E-state index contributed by atoms with van der Waals surface area (Å²) < 4.78 is 37.3. The van der Waals surface area contributed by atoms with E-state index < -0.39 is 27.9 Å². The predicted molar refractivity (Wildman–Crippen MR) is 126 cm³/mol. The van der Waals surface area contributed by atoms with Gasteiger partial charge >= 0.3 is 11.9 Å². The highest BCUT2D eigenvalue weighted by Crippen LogP contribution is 2.23. The van der Waals surface area contributed by atoms with Crippen LogP contribution >= 0.6 is 0 Å². The van der Waals surface area contributed by atoms with Crippen molar-refractivity contribution in [1.82, 2.24) is 0 Å². The lowest BCUT2D eigenvalue weighted by molar-refractivity contribution is 0.0598. The fraction of sp³-hybridized carbons (Fsp3) is 0.125. The topological polar surface area (TPSA) is 128 Å². The second-order valence-corrected chi connectivity index (χ2v) is 8.87. The maximum Gasteiger partial charge on any atom is 0.337 e. The van der Waals surface area contributed by atoms with Gasteiger partial charge in [-0.15, -0.1) is 0 Å². The molecule has 0 saturated carbocycles. The second kappa shape index (κ2) is 10.2. The van der Waals surface area contributed by atoms with Crippen molar-refractivity contribution >= 4 is 39.2 Å². The van der Waals surface area contributed by atoms with E-state index in [9.17, 15) is 22.8 Å². The van der Waals surface area contributed by atoms with Crippen molar-refractivity contribution in [2.45, 2.75) is 11.8 Å². The molecular weight excluding hydrogens is 460 g/mol. The zero-order valence-electron chi connectivity index (χ0n) is 18.6. The summed E-state index contributed by atoms with van der Waals surface area (Å²) in [6, 6.07) is 16.4. The number of nitrogens with one attached hydrogen (secondary N) is 2. The molecule has 3 aromatic rings. The summed E-state index contributed by atoms with van der Waals surface area (Å²) in [6.07, 6.45) is 0. The number of carbonyl (C=O) groups excluding carboxylic acids is 3. The van der Waals surface area contributed by atoms with Gasteiger partial charge in [0.1, 0.15) is 0 Å². The Kier molecular flexibility index (Phi) is 7.32. The minimum atomic E-state index is -3.86. The normalized spacial score (nSPS) is 10.8. The predicted octanol–water partition coefficient (Wildman–Crippen LogP) is 3.62. The van der Waals surface area contributed by atoms with E-state index >= 15 is 0 Å². The molecule has 0 aliphatic rings. The number of ether oxygens (including phenoxy) is 2. The molecule has 0 unspecified atom stereocenters. The largest absolute Gasteiger partial charge is 0.465 e. The molecule has 10 heteroatoms. The summed E-state index contributed by atoms with van der Waals surface area (Å²) in [7, 11) is -1.48. The van der Waals surface area contributed by atoms with Gasteiger partial charge in [0.2, 0.25) is 0 Å². The average molecular weight is 483 g/mol. The minimum Gasteiger partial charge on any atom is -0.465 e. The Morgan fingerprint density at radius 2 is 1.35 bits per heavy atom. The average Bonchev–Trinajstić information content (AvgIpc) is 2.84. The molecule has 0 fully saturated rings. The van der Waals surface area contributed by atoms with E-state index in [1.165, 1.54) is 56.7 Å². The van der Waals surface area contributed by atoms with Crippen LogP contribution in [0.1, 0.15) is 36.6 Å². The van der Waals surface area contributed by atoms with E-state index in [-0.39, 0.29) is 33.0 Å². The summed E-state index contributed by atoms with van der Waals surface area (Å²) in [5.41, 5.74) is 1.23. The van der Waals surface area contributed by atoms with E-state index in [0.29, 0.717) is 5.56 Å². The van der Waals surface area contributed by atoms with Crippen molar-refractivity contribution in [1.29, 1.82) is 0 Å². The highest BCUT2D eigenvalue weighted by molar-refractivity contribution is 7.92. The number of methoxy groups -OCH3 is 2. The van der Waals surface area contributed by atoms with Crippen molar-refractivity contribution in [2.24, 2.45) is 0 Å². The number of sulfonamides is 1. The summed E-state index contributed by atoms with van der Waals surface area (Å²) in [4.78, 5) is 36.9. The number of hydrogen-bond donors (Lipinski definition) is 2. The molecule has 0 heterocycles. The molecule has 0 aliphatic heterocycles. The molecule has 34 heavy (non-hydrogen) atoms. The molecule has 0 spiro atoms. The van der Waals surface area contributed by atoms with Gasteiger partial charge in [-0.1, -0.05) is 24.3 Å². The Morgan fingerprint density at radius 1 is 0.765 bits per heavy atom. The molecule has 176 valence electrons. The molecule has 1 amide bonds. The van der Waals surface area contributed by atoms with E-state index in [4.69, 9.17) is 9.47 Å². The van der Waals surface area contributed by atoms with Gasteiger partial charge in [-0.05, 0) is 55.0 Å². The van der Waals surface area contributed by atoms with Crippen LogP contribution in [0.3, 0.4) is 0 Å². The van der Waals surface area contributed by atoms with Crippen molar-refractivity contribution in [3.63, 3.8) is 0 Å². The Bertz CT molecular complexity index is 1320. The van der Waals surface area contributed by atoms with Crippen LogP contribution in [-0.4, -0.2) is 40.5 Å². The SMILES string of the molecule is COC(=O)c1cc(NC(=O)c2ccc(C)c(NS(=O)(=O)c3ccccc3)c2)cc(C(=O)OC)c1. The van der Waals surface area contributed by atoms with E-state index in [1.807, 2.05) is 0 Å². The standard InChI is InChI=1S/C24H22N2O7S/c1-15-9-10-16(14-21(15)26-34(30,31)20-7-5-4-6-8-20)22(27)25-19-12-17(23(28)32-2)11-18(13-19)24(29)33-3/h4-14,26H,1-3H3,(H,25,27). The molecule has 0 radical (unpaired) electrons. The van der Waals surface area contributed by atoms with Crippen LogP contribution in [-0.2, 0) is 19.5 Å². The van der Waals surface area contributed by atoms with E-state index in [1.54, 1.807) is 31.2 Å². The lowest BCUT2D eigenvalue weighted by Gasteiger charge is -2.13. The molecule has 0 aliphatic carbocycles. The number of hydrogen-bond acceptors (Lipinski definition) is 7. The molecule has 0 atom stereocenters. The van der Waals surface area contributed by atoms with Crippen LogP contribution in [0.2, 0.25) is 0 Å². The van der Waals surface area contributed by atoms with Gasteiger partial charge in [-0.25, -0.2) is 18.0 Å². The number of aryl methyl sites for hydroxylation is 1. The quantitative estimate of drug-likeness (QED) is 0.492. The first-order valence-corrected chi connectivity index (χ1v) is 11.4. The van der Waals surface area contributed by atoms with Crippen molar-refractivity contribution in [2.75, 3.05) is 24.3 Å². The second-order valence-electron chi connectivity index (χ2n) is 7.18. The molecular formula is C24H22N2O7S. The fourth-order valence-electron chi connectivity index (χ4n) is 3.05. The smallest absolute Gasteiger partial charge is 0.337 e. The van der Waals surface area contributed by atoms with E-state index in [0.717, 1.165) is 0 Å². The molecule has 2 N–H and O–H groups in total. The van der Waals surface area contributed by atoms with Crippen LogP contribution in [0.4, 0.5) is 11.4 Å². The van der Waals surface area contributed by atoms with Crippen molar-refractivity contribution < 1.29 is 32.3 Å². The molecule has 9 nitrogen and oxygen atoms in total. The van der Waals surface area contributed by atoms with Gasteiger partial charge in [-0.2, -0.15) is 0 Å². The van der Waals surface area contributed by atoms with Crippen molar-refractivity contribution in [3.05, 3.63) is 89.0 Å². The summed E-state index contributed by atoms with van der Waals surface area (Å²) in [5, 5.41) is 2.61. The Labute approximate surface area is 196 Å². The van der Waals surface area contributed by atoms with Crippen LogP contribution in [0.25, 0.3) is 0 Å². The monoisotopic (exact) mass is 482 g/mol. The van der Waals surface area contributed by atoms with Gasteiger partial charge in [0.25, 0.3) is 15.9 Å². The molecule has 3 aromatic carbocycles. The number of anilines is 2. The Balaban J connectivity index is 1.90. The number of benzene rings is 3. The summed E-state index contributed by atoms with van der Waals surface area (Å²) >= 11 is 0. The molecule has 0 saturated heterocycles.